The van der Waals surface area contributed by atoms with Crippen LogP contribution in [0.15, 0.2) is 42.5 Å². The van der Waals surface area contributed by atoms with Crippen molar-refractivity contribution in [2.24, 2.45) is 0 Å². The topological polar surface area (TPSA) is 73.6 Å². The molecular formula is C18H22N2O3. The lowest BCUT2D eigenvalue weighted by Gasteiger charge is -2.10. The summed E-state index contributed by atoms with van der Waals surface area (Å²) in [6.07, 6.45) is 1.03. The normalized spacial score (nSPS) is 10.2. The highest BCUT2D eigenvalue weighted by Gasteiger charge is 2.06. The molecule has 0 aliphatic rings. The van der Waals surface area contributed by atoms with Crippen LogP contribution in [0.5, 0.6) is 11.5 Å². The lowest BCUT2D eigenvalue weighted by atomic mass is 10.2. The van der Waals surface area contributed by atoms with Gasteiger partial charge in [0, 0.05) is 12.1 Å². The second kappa shape index (κ2) is 8.08. The molecule has 5 nitrogen and oxygen atoms in total. The Balaban J connectivity index is 1.75. The van der Waals surface area contributed by atoms with E-state index in [1.54, 1.807) is 25.3 Å². The van der Waals surface area contributed by atoms with Crippen LogP contribution in [0.3, 0.4) is 0 Å². The molecule has 0 atom stereocenters. The smallest absolute Gasteiger partial charge is 0.224 e. The van der Waals surface area contributed by atoms with E-state index < -0.39 is 0 Å². The highest BCUT2D eigenvalue weighted by atomic mass is 16.5. The van der Waals surface area contributed by atoms with Crippen LogP contribution in [0.2, 0.25) is 0 Å². The summed E-state index contributed by atoms with van der Waals surface area (Å²) in [5.74, 6) is 1.38. The number of methoxy groups -OCH3 is 1. The van der Waals surface area contributed by atoms with Gasteiger partial charge in [-0.1, -0.05) is 18.2 Å². The van der Waals surface area contributed by atoms with Gasteiger partial charge in [0.25, 0.3) is 0 Å². The fourth-order valence-corrected chi connectivity index (χ4v) is 2.17. The number of aryl methyl sites for hydroxylation is 1. The number of nitrogens with two attached hydrogens (primary N) is 1. The van der Waals surface area contributed by atoms with Crippen LogP contribution in [0.4, 0.5) is 11.4 Å². The molecule has 0 saturated carbocycles. The van der Waals surface area contributed by atoms with Crippen molar-refractivity contribution in [2.45, 2.75) is 19.8 Å². The standard InChI is InChI=1S/C18H22N2O3/c1-13-6-3-4-7-16(13)23-11-5-8-18(21)20-14-9-10-17(22-2)15(19)12-14/h3-4,6-7,9-10,12H,5,8,11,19H2,1-2H3,(H,20,21). The Kier molecular flexibility index (Phi) is 5.86. The fourth-order valence-electron chi connectivity index (χ4n) is 2.17. The van der Waals surface area contributed by atoms with Crippen molar-refractivity contribution in [1.82, 2.24) is 0 Å². The number of hydrogen-bond donors (Lipinski definition) is 2. The van der Waals surface area contributed by atoms with Crippen LogP contribution in [-0.2, 0) is 4.79 Å². The minimum atomic E-state index is -0.0667. The van der Waals surface area contributed by atoms with Gasteiger partial charge in [0.05, 0.1) is 19.4 Å². The highest BCUT2D eigenvalue weighted by Crippen LogP contribution is 2.24. The third-order valence-corrected chi connectivity index (χ3v) is 3.41. The van der Waals surface area contributed by atoms with Crippen molar-refractivity contribution in [1.29, 1.82) is 0 Å². The van der Waals surface area contributed by atoms with Crippen LogP contribution in [-0.4, -0.2) is 19.6 Å². The minimum Gasteiger partial charge on any atom is -0.495 e. The molecule has 23 heavy (non-hydrogen) atoms. The zero-order valence-electron chi connectivity index (χ0n) is 13.5. The number of nitrogens with one attached hydrogen (secondary N) is 1. The monoisotopic (exact) mass is 314 g/mol. The maximum atomic E-state index is 11.9. The summed E-state index contributed by atoms with van der Waals surface area (Å²) in [6, 6.07) is 13.0. The van der Waals surface area contributed by atoms with Gasteiger partial charge in [-0.15, -0.1) is 0 Å². The Morgan fingerprint density at radius 2 is 1.96 bits per heavy atom. The number of anilines is 2. The van der Waals surface area contributed by atoms with Crippen molar-refractivity contribution < 1.29 is 14.3 Å². The number of benzene rings is 2. The molecule has 2 rings (SSSR count). The molecule has 0 aliphatic carbocycles. The molecule has 0 bridgehead atoms. The molecule has 3 N–H and O–H groups in total. The van der Waals surface area contributed by atoms with Crippen LogP contribution in [0, 0.1) is 6.92 Å². The molecule has 122 valence electrons. The first-order valence-corrected chi connectivity index (χ1v) is 7.52. The molecule has 0 spiro atoms. The van der Waals surface area contributed by atoms with Gasteiger partial charge < -0.3 is 20.5 Å². The largest absolute Gasteiger partial charge is 0.495 e. The van der Waals surface area contributed by atoms with E-state index in [2.05, 4.69) is 5.32 Å². The molecule has 0 aromatic heterocycles. The fraction of sp³-hybridized carbons (Fsp3) is 0.278. The summed E-state index contributed by atoms with van der Waals surface area (Å²) in [5, 5.41) is 2.81. The number of nitrogen functional groups attached to an aromatic ring is 1. The summed E-state index contributed by atoms with van der Waals surface area (Å²) >= 11 is 0. The number of carbonyl (C=O) groups is 1. The summed E-state index contributed by atoms with van der Waals surface area (Å²) in [6.45, 7) is 2.50. The molecule has 2 aromatic rings. The molecule has 0 radical (unpaired) electrons. The summed E-state index contributed by atoms with van der Waals surface area (Å²) in [4.78, 5) is 11.9. The second-order valence-corrected chi connectivity index (χ2v) is 5.22. The van der Waals surface area contributed by atoms with Crippen molar-refractivity contribution in [3.63, 3.8) is 0 Å². The molecule has 1 amide bonds. The molecular weight excluding hydrogens is 292 g/mol. The average molecular weight is 314 g/mol. The molecule has 0 fully saturated rings. The van der Waals surface area contributed by atoms with Crippen LogP contribution in [0.1, 0.15) is 18.4 Å². The molecule has 0 aliphatic heterocycles. The van der Waals surface area contributed by atoms with E-state index in [-0.39, 0.29) is 5.91 Å². The third kappa shape index (κ3) is 4.92. The quantitative estimate of drug-likeness (QED) is 0.607. The summed E-state index contributed by atoms with van der Waals surface area (Å²) < 4.78 is 10.8. The van der Waals surface area contributed by atoms with Crippen molar-refractivity contribution in [3.05, 3.63) is 48.0 Å². The van der Waals surface area contributed by atoms with Gasteiger partial charge in [0.15, 0.2) is 0 Å². The highest BCUT2D eigenvalue weighted by molar-refractivity contribution is 5.91. The lowest BCUT2D eigenvalue weighted by Crippen LogP contribution is -2.13. The van der Waals surface area contributed by atoms with E-state index in [0.29, 0.717) is 36.6 Å². The minimum absolute atomic E-state index is 0.0667. The Bertz CT molecular complexity index is 671. The van der Waals surface area contributed by atoms with E-state index in [4.69, 9.17) is 15.2 Å². The van der Waals surface area contributed by atoms with E-state index >= 15 is 0 Å². The number of carbonyl (C=O) groups excluding carboxylic acids is 1. The van der Waals surface area contributed by atoms with E-state index in [9.17, 15) is 4.79 Å². The van der Waals surface area contributed by atoms with E-state index in [1.165, 1.54) is 0 Å². The van der Waals surface area contributed by atoms with Gasteiger partial charge in [0.2, 0.25) is 5.91 Å². The number of hydrogen-bond acceptors (Lipinski definition) is 4. The van der Waals surface area contributed by atoms with Crippen LogP contribution < -0.4 is 20.5 Å². The molecule has 0 heterocycles. The van der Waals surface area contributed by atoms with Crippen LogP contribution >= 0.6 is 0 Å². The predicted octanol–water partition coefficient (Wildman–Crippen LogP) is 3.38. The van der Waals surface area contributed by atoms with Crippen molar-refractivity contribution >= 4 is 17.3 Å². The van der Waals surface area contributed by atoms with Crippen LogP contribution in [0.25, 0.3) is 0 Å². The number of amides is 1. The van der Waals surface area contributed by atoms with Crippen molar-refractivity contribution in [3.8, 4) is 11.5 Å². The molecule has 2 aromatic carbocycles. The zero-order valence-corrected chi connectivity index (χ0v) is 13.5. The second-order valence-electron chi connectivity index (χ2n) is 5.22. The average Bonchev–Trinajstić information content (AvgIpc) is 2.53. The third-order valence-electron chi connectivity index (χ3n) is 3.41. The Labute approximate surface area is 136 Å². The maximum absolute atomic E-state index is 11.9. The van der Waals surface area contributed by atoms with Gasteiger partial charge in [-0.25, -0.2) is 0 Å². The summed E-state index contributed by atoms with van der Waals surface area (Å²) in [5.41, 5.74) is 8.05. The van der Waals surface area contributed by atoms with Crippen molar-refractivity contribution in [2.75, 3.05) is 24.8 Å². The molecule has 0 saturated heterocycles. The lowest BCUT2D eigenvalue weighted by molar-refractivity contribution is -0.116. The zero-order chi connectivity index (χ0) is 16.7. The number of ether oxygens (including phenoxy) is 2. The Morgan fingerprint density at radius 3 is 2.65 bits per heavy atom. The first kappa shape index (κ1) is 16.7. The van der Waals surface area contributed by atoms with E-state index in [1.807, 2.05) is 31.2 Å². The molecule has 5 heteroatoms. The molecule has 0 unspecified atom stereocenters. The van der Waals surface area contributed by atoms with Gasteiger partial charge in [-0.05, 0) is 43.2 Å². The van der Waals surface area contributed by atoms with E-state index in [0.717, 1.165) is 11.3 Å². The van der Waals surface area contributed by atoms with Gasteiger partial charge in [0.1, 0.15) is 11.5 Å². The Hall–Kier alpha value is -2.69. The first-order chi connectivity index (χ1) is 11.1. The van der Waals surface area contributed by atoms with Gasteiger partial charge in [-0.2, -0.15) is 0 Å². The van der Waals surface area contributed by atoms with Gasteiger partial charge >= 0.3 is 0 Å². The summed E-state index contributed by atoms with van der Waals surface area (Å²) in [7, 11) is 1.55. The van der Waals surface area contributed by atoms with Gasteiger partial charge in [-0.3, -0.25) is 4.79 Å². The Morgan fingerprint density at radius 1 is 1.17 bits per heavy atom. The predicted molar refractivity (Wildman–Crippen MR) is 91.9 cm³/mol. The SMILES string of the molecule is COc1ccc(NC(=O)CCCOc2ccccc2C)cc1N. The maximum Gasteiger partial charge on any atom is 0.224 e. The number of para-hydroxylation sites is 1. The first-order valence-electron chi connectivity index (χ1n) is 7.52. The number of rotatable bonds is 7.